The maximum Gasteiger partial charge on any atom is 0.251 e. The predicted molar refractivity (Wildman–Crippen MR) is 77.4 cm³/mol. The van der Waals surface area contributed by atoms with Crippen LogP contribution in [0.25, 0.3) is 0 Å². The highest BCUT2D eigenvalue weighted by atomic mass is 16.1. The SMILES string of the molecule is CCCc1cc(C(=O)NCC2CC2C)cc(NC)n1. The number of anilines is 1. The van der Waals surface area contributed by atoms with E-state index in [2.05, 4.69) is 29.5 Å². The number of rotatable bonds is 6. The van der Waals surface area contributed by atoms with Gasteiger partial charge in [0, 0.05) is 24.8 Å². The van der Waals surface area contributed by atoms with E-state index in [-0.39, 0.29) is 5.91 Å². The lowest BCUT2D eigenvalue weighted by atomic mass is 10.1. The number of pyridine rings is 1. The van der Waals surface area contributed by atoms with Gasteiger partial charge in [0.2, 0.25) is 0 Å². The molecule has 1 amide bonds. The van der Waals surface area contributed by atoms with Gasteiger partial charge in [-0.25, -0.2) is 4.98 Å². The number of nitrogens with one attached hydrogen (secondary N) is 2. The number of aromatic nitrogens is 1. The van der Waals surface area contributed by atoms with Gasteiger partial charge in [0.05, 0.1) is 0 Å². The highest BCUT2D eigenvalue weighted by Crippen LogP contribution is 2.36. The molecule has 1 aromatic rings. The van der Waals surface area contributed by atoms with Crippen molar-refractivity contribution in [3.8, 4) is 0 Å². The molecule has 1 fully saturated rings. The largest absolute Gasteiger partial charge is 0.373 e. The van der Waals surface area contributed by atoms with Crippen LogP contribution in [-0.2, 0) is 6.42 Å². The van der Waals surface area contributed by atoms with Crippen LogP contribution in [0.1, 0.15) is 42.7 Å². The smallest absolute Gasteiger partial charge is 0.251 e. The summed E-state index contributed by atoms with van der Waals surface area (Å²) >= 11 is 0. The third kappa shape index (κ3) is 3.69. The standard InChI is InChI=1S/C15H23N3O/c1-4-5-13-7-11(8-14(16-3)18-13)15(19)17-9-12-6-10(12)2/h7-8,10,12H,4-6,9H2,1-3H3,(H,16,18)(H,17,19). The quantitative estimate of drug-likeness (QED) is 0.827. The average Bonchev–Trinajstić information content (AvgIpc) is 3.12. The molecule has 1 saturated carbocycles. The highest BCUT2D eigenvalue weighted by molar-refractivity contribution is 5.95. The third-order valence-electron chi connectivity index (χ3n) is 3.70. The van der Waals surface area contributed by atoms with E-state index in [1.807, 2.05) is 19.2 Å². The summed E-state index contributed by atoms with van der Waals surface area (Å²) in [4.78, 5) is 16.6. The molecule has 1 aromatic heterocycles. The van der Waals surface area contributed by atoms with Gasteiger partial charge in [-0.05, 0) is 36.8 Å². The molecule has 0 aromatic carbocycles. The van der Waals surface area contributed by atoms with E-state index < -0.39 is 0 Å². The second-order valence-corrected chi connectivity index (χ2v) is 5.42. The van der Waals surface area contributed by atoms with Crippen molar-refractivity contribution >= 4 is 11.7 Å². The molecule has 2 rings (SSSR count). The maximum atomic E-state index is 12.1. The number of nitrogens with zero attached hydrogens (tertiary/aromatic N) is 1. The Kier molecular flexibility index (Phi) is 4.40. The van der Waals surface area contributed by atoms with Crippen LogP contribution in [-0.4, -0.2) is 24.5 Å². The lowest BCUT2D eigenvalue weighted by Gasteiger charge is -2.09. The first-order chi connectivity index (χ1) is 9.13. The minimum absolute atomic E-state index is 0.00959. The Morgan fingerprint density at radius 1 is 1.47 bits per heavy atom. The monoisotopic (exact) mass is 261 g/mol. The molecule has 4 nitrogen and oxygen atoms in total. The fraction of sp³-hybridized carbons (Fsp3) is 0.600. The Bertz CT molecular complexity index is 459. The van der Waals surface area contributed by atoms with Gasteiger partial charge in [0.15, 0.2) is 0 Å². The molecule has 0 saturated heterocycles. The van der Waals surface area contributed by atoms with Crippen LogP contribution in [0.15, 0.2) is 12.1 Å². The zero-order valence-electron chi connectivity index (χ0n) is 12.0. The second kappa shape index (κ2) is 6.04. The Labute approximate surface area is 115 Å². The number of hydrogen-bond acceptors (Lipinski definition) is 3. The summed E-state index contributed by atoms with van der Waals surface area (Å²) in [5.74, 6) is 2.21. The van der Waals surface area contributed by atoms with Crippen LogP contribution in [0.5, 0.6) is 0 Å². The number of carbonyl (C=O) groups is 1. The van der Waals surface area contributed by atoms with E-state index in [9.17, 15) is 4.79 Å². The van der Waals surface area contributed by atoms with E-state index >= 15 is 0 Å². The summed E-state index contributed by atoms with van der Waals surface area (Å²) in [6.07, 6.45) is 3.16. The highest BCUT2D eigenvalue weighted by Gasteiger charge is 2.32. The molecule has 0 bridgehead atoms. The van der Waals surface area contributed by atoms with Gasteiger partial charge in [0.25, 0.3) is 5.91 Å². The van der Waals surface area contributed by atoms with Crippen molar-refractivity contribution in [1.29, 1.82) is 0 Å². The molecule has 1 aliphatic carbocycles. The Balaban J connectivity index is 2.04. The van der Waals surface area contributed by atoms with Gasteiger partial charge < -0.3 is 10.6 Å². The first-order valence-corrected chi connectivity index (χ1v) is 7.11. The van der Waals surface area contributed by atoms with Crippen molar-refractivity contribution < 1.29 is 4.79 Å². The first kappa shape index (κ1) is 13.8. The van der Waals surface area contributed by atoms with Crippen molar-refractivity contribution in [2.45, 2.75) is 33.1 Å². The summed E-state index contributed by atoms with van der Waals surface area (Å²) in [5, 5.41) is 6.03. The molecule has 104 valence electrons. The van der Waals surface area contributed by atoms with Crippen LogP contribution in [0.2, 0.25) is 0 Å². The summed E-state index contributed by atoms with van der Waals surface area (Å²) in [6.45, 7) is 5.13. The van der Waals surface area contributed by atoms with E-state index in [4.69, 9.17) is 0 Å². The molecule has 2 atom stereocenters. The molecule has 2 unspecified atom stereocenters. The Morgan fingerprint density at radius 2 is 2.21 bits per heavy atom. The van der Waals surface area contributed by atoms with Crippen molar-refractivity contribution in [3.05, 3.63) is 23.4 Å². The van der Waals surface area contributed by atoms with Crippen LogP contribution in [0.3, 0.4) is 0 Å². The lowest BCUT2D eigenvalue weighted by Crippen LogP contribution is -2.26. The summed E-state index contributed by atoms with van der Waals surface area (Å²) in [6, 6.07) is 3.71. The molecule has 0 radical (unpaired) electrons. The van der Waals surface area contributed by atoms with Crippen LogP contribution < -0.4 is 10.6 Å². The summed E-state index contributed by atoms with van der Waals surface area (Å²) in [7, 11) is 1.83. The minimum Gasteiger partial charge on any atom is -0.373 e. The fourth-order valence-electron chi connectivity index (χ4n) is 2.24. The molecule has 2 N–H and O–H groups in total. The lowest BCUT2D eigenvalue weighted by molar-refractivity contribution is 0.0951. The number of aryl methyl sites for hydroxylation is 1. The summed E-state index contributed by atoms with van der Waals surface area (Å²) < 4.78 is 0. The molecule has 1 aliphatic rings. The van der Waals surface area contributed by atoms with Gasteiger partial charge >= 0.3 is 0 Å². The fourth-order valence-corrected chi connectivity index (χ4v) is 2.24. The van der Waals surface area contributed by atoms with Crippen LogP contribution in [0.4, 0.5) is 5.82 Å². The average molecular weight is 261 g/mol. The zero-order chi connectivity index (χ0) is 13.8. The van der Waals surface area contributed by atoms with Crippen molar-refractivity contribution in [2.75, 3.05) is 18.9 Å². The number of hydrogen-bond donors (Lipinski definition) is 2. The van der Waals surface area contributed by atoms with Gasteiger partial charge in [-0.2, -0.15) is 0 Å². The zero-order valence-corrected chi connectivity index (χ0v) is 12.0. The van der Waals surface area contributed by atoms with Gasteiger partial charge in [-0.15, -0.1) is 0 Å². The van der Waals surface area contributed by atoms with Crippen LogP contribution >= 0.6 is 0 Å². The van der Waals surface area contributed by atoms with Crippen molar-refractivity contribution in [2.24, 2.45) is 11.8 Å². The van der Waals surface area contributed by atoms with E-state index in [0.717, 1.165) is 36.8 Å². The molecular formula is C15H23N3O. The van der Waals surface area contributed by atoms with Crippen molar-refractivity contribution in [1.82, 2.24) is 10.3 Å². The topological polar surface area (TPSA) is 54.0 Å². The second-order valence-electron chi connectivity index (χ2n) is 5.42. The number of amides is 1. The Hall–Kier alpha value is -1.58. The van der Waals surface area contributed by atoms with Gasteiger partial charge in [-0.3, -0.25) is 4.79 Å². The van der Waals surface area contributed by atoms with Gasteiger partial charge in [0.1, 0.15) is 5.82 Å². The Morgan fingerprint density at radius 3 is 2.79 bits per heavy atom. The minimum atomic E-state index is 0.00959. The molecule has 1 heterocycles. The maximum absolute atomic E-state index is 12.1. The van der Waals surface area contributed by atoms with Crippen LogP contribution in [0, 0.1) is 11.8 Å². The van der Waals surface area contributed by atoms with Crippen molar-refractivity contribution in [3.63, 3.8) is 0 Å². The molecule has 0 aliphatic heterocycles. The molecule has 19 heavy (non-hydrogen) atoms. The first-order valence-electron chi connectivity index (χ1n) is 7.11. The molecule has 0 spiro atoms. The van der Waals surface area contributed by atoms with Gasteiger partial charge in [-0.1, -0.05) is 20.3 Å². The van der Waals surface area contributed by atoms with E-state index in [0.29, 0.717) is 11.5 Å². The normalized spacial score (nSPS) is 21.0. The third-order valence-corrected chi connectivity index (χ3v) is 3.70. The van der Waals surface area contributed by atoms with E-state index in [1.165, 1.54) is 6.42 Å². The summed E-state index contributed by atoms with van der Waals surface area (Å²) in [5.41, 5.74) is 1.68. The number of carbonyl (C=O) groups excluding carboxylic acids is 1. The predicted octanol–water partition coefficient (Wildman–Crippen LogP) is 2.46. The molecule has 4 heteroatoms. The van der Waals surface area contributed by atoms with E-state index in [1.54, 1.807) is 0 Å². The molecular weight excluding hydrogens is 238 g/mol.